The van der Waals surface area contributed by atoms with Gasteiger partial charge in [-0.05, 0) is 22.4 Å². The van der Waals surface area contributed by atoms with E-state index in [0.29, 0.717) is 6.54 Å². The first-order valence-corrected chi connectivity index (χ1v) is 5.51. The SMILES string of the molecule is C=CCNC(=O)NCC(O)c1ccsc1. The molecule has 5 heteroatoms. The average Bonchev–Trinajstić information content (AvgIpc) is 2.76. The van der Waals surface area contributed by atoms with Gasteiger partial charge in [-0.3, -0.25) is 0 Å². The molecule has 0 aliphatic rings. The van der Waals surface area contributed by atoms with Crippen LogP contribution in [0.3, 0.4) is 0 Å². The molecular weight excluding hydrogens is 212 g/mol. The maximum absolute atomic E-state index is 11.1. The summed E-state index contributed by atoms with van der Waals surface area (Å²) in [5, 5.41) is 18.5. The fraction of sp³-hybridized carbons (Fsp3) is 0.300. The third-order valence-corrected chi connectivity index (χ3v) is 2.49. The second-order valence-corrected chi connectivity index (χ2v) is 3.73. The van der Waals surface area contributed by atoms with Crippen LogP contribution < -0.4 is 10.6 Å². The van der Waals surface area contributed by atoms with Crippen LogP contribution in [0.1, 0.15) is 11.7 Å². The molecule has 2 amide bonds. The van der Waals surface area contributed by atoms with Crippen molar-refractivity contribution in [1.82, 2.24) is 10.6 Å². The minimum Gasteiger partial charge on any atom is -0.387 e. The van der Waals surface area contributed by atoms with Crippen molar-refractivity contribution in [2.75, 3.05) is 13.1 Å². The Labute approximate surface area is 92.6 Å². The number of carbonyl (C=O) groups excluding carboxylic acids is 1. The van der Waals surface area contributed by atoms with Crippen LogP contribution in [0, 0.1) is 0 Å². The number of nitrogens with one attached hydrogen (secondary N) is 2. The molecule has 0 spiro atoms. The number of rotatable bonds is 5. The number of thiophene rings is 1. The van der Waals surface area contributed by atoms with Crippen molar-refractivity contribution in [2.24, 2.45) is 0 Å². The highest BCUT2D eigenvalue weighted by molar-refractivity contribution is 7.07. The van der Waals surface area contributed by atoms with Crippen LogP contribution in [0.4, 0.5) is 4.79 Å². The quantitative estimate of drug-likeness (QED) is 0.662. The van der Waals surface area contributed by atoms with Gasteiger partial charge in [0.15, 0.2) is 0 Å². The fourth-order valence-corrected chi connectivity index (χ4v) is 1.71. The Bertz CT molecular complexity index is 311. The standard InChI is InChI=1S/C10H14N2O2S/c1-2-4-11-10(14)12-6-9(13)8-3-5-15-7-8/h2-3,5,7,9,13H,1,4,6H2,(H2,11,12,14). The van der Waals surface area contributed by atoms with E-state index in [1.165, 1.54) is 11.3 Å². The molecule has 1 rings (SSSR count). The molecular formula is C10H14N2O2S. The van der Waals surface area contributed by atoms with Gasteiger partial charge in [0.25, 0.3) is 0 Å². The summed E-state index contributed by atoms with van der Waals surface area (Å²) in [6.07, 6.45) is 0.945. The molecule has 0 saturated heterocycles. The lowest BCUT2D eigenvalue weighted by atomic mass is 10.2. The Morgan fingerprint density at radius 3 is 3.07 bits per heavy atom. The highest BCUT2D eigenvalue weighted by Crippen LogP contribution is 2.14. The highest BCUT2D eigenvalue weighted by Gasteiger charge is 2.08. The molecule has 0 fully saturated rings. The van der Waals surface area contributed by atoms with Crippen LogP contribution in [0.25, 0.3) is 0 Å². The first kappa shape index (κ1) is 11.7. The third kappa shape index (κ3) is 4.14. The number of hydrogen-bond donors (Lipinski definition) is 3. The predicted molar refractivity (Wildman–Crippen MR) is 60.9 cm³/mol. The molecule has 0 radical (unpaired) electrons. The van der Waals surface area contributed by atoms with E-state index >= 15 is 0 Å². The van der Waals surface area contributed by atoms with Crippen LogP contribution >= 0.6 is 11.3 Å². The van der Waals surface area contributed by atoms with E-state index in [1.807, 2.05) is 16.8 Å². The van der Waals surface area contributed by atoms with Crippen LogP contribution in [-0.4, -0.2) is 24.2 Å². The van der Waals surface area contributed by atoms with Gasteiger partial charge in [-0.2, -0.15) is 11.3 Å². The van der Waals surface area contributed by atoms with E-state index in [-0.39, 0.29) is 12.6 Å². The zero-order chi connectivity index (χ0) is 11.1. The molecule has 1 unspecified atom stereocenters. The number of amides is 2. The lowest BCUT2D eigenvalue weighted by molar-refractivity contribution is 0.173. The summed E-state index contributed by atoms with van der Waals surface area (Å²) < 4.78 is 0. The molecule has 0 saturated carbocycles. The monoisotopic (exact) mass is 226 g/mol. The van der Waals surface area contributed by atoms with Gasteiger partial charge in [-0.15, -0.1) is 6.58 Å². The summed E-state index contributed by atoms with van der Waals surface area (Å²) in [7, 11) is 0. The molecule has 0 aromatic carbocycles. The molecule has 1 heterocycles. The molecule has 0 aliphatic carbocycles. The Kier molecular flexibility index (Phi) is 4.86. The summed E-state index contributed by atoms with van der Waals surface area (Å²) in [6, 6.07) is 1.53. The minimum absolute atomic E-state index is 0.208. The first-order chi connectivity index (χ1) is 7.24. The lowest BCUT2D eigenvalue weighted by Gasteiger charge is -2.10. The molecule has 3 N–H and O–H groups in total. The molecule has 1 atom stereocenters. The van der Waals surface area contributed by atoms with Gasteiger partial charge >= 0.3 is 6.03 Å². The third-order valence-electron chi connectivity index (χ3n) is 1.79. The molecule has 0 bridgehead atoms. The van der Waals surface area contributed by atoms with Crippen LogP contribution in [-0.2, 0) is 0 Å². The molecule has 82 valence electrons. The van der Waals surface area contributed by atoms with Crippen LogP contribution in [0.5, 0.6) is 0 Å². The van der Waals surface area contributed by atoms with Crippen molar-refractivity contribution >= 4 is 17.4 Å². The van der Waals surface area contributed by atoms with Gasteiger partial charge < -0.3 is 15.7 Å². The second-order valence-electron chi connectivity index (χ2n) is 2.95. The second kappa shape index (κ2) is 6.21. The van der Waals surface area contributed by atoms with Gasteiger partial charge in [0.1, 0.15) is 0 Å². The molecule has 15 heavy (non-hydrogen) atoms. The van der Waals surface area contributed by atoms with E-state index in [4.69, 9.17) is 0 Å². The van der Waals surface area contributed by atoms with E-state index in [1.54, 1.807) is 6.08 Å². The maximum Gasteiger partial charge on any atom is 0.315 e. The van der Waals surface area contributed by atoms with E-state index in [2.05, 4.69) is 17.2 Å². The topological polar surface area (TPSA) is 61.4 Å². The number of aliphatic hydroxyl groups excluding tert-OH is 1. The first-order valence-electron chi connectivity index (χ1n) is 4.56. The Hall–Kier alpha value is -1.33. The number of carbonyl (C=O) groups is 1. The summed E-state index contributed by atoms with van der Waals surface area (Å²) >= 11 is 1.51. The zero-order valence-electron chi connectivity index (χ0n) is 8.27. The van der Waals surface area contributed by atoms with Crippen LogP contribution in [0.15, 0.2) is 29.5 Å². The summed E-state index contributed by atoms with van der Waals surface area (Å²) in [5.74, 6) is 0. The summed E-state index contributed by atoms with van der Waals surface area (Å²) in [5.41, 5.74) is 0.823. The number of aliphatic hydroxyl groups is 1. The summed E-state index contributed by atoms with van der Waals surface area (Å²) in [4.78, 5) is 11.1. The fourth-order valence-electron chi connectivity index (χ4n) is 0.999. The Morgan fingerprint density at radius 2 is 2.47 bits per heavy atom. The zero-order valence-corrected chi connectivity index (χ0v) is 9.09. The van der Waals surface area contributed by atoms with Crippen molar-refractivity contribution in [3.8, 4) is 0 Å². The Morgan fingerprint density at radius 1 is 1.67 bits per heavy atom. The number of hydrogen-bond acceptors (Lipinski definition) is 3. The molecule has 0 aliphatic heterocycles. The molecule has 4 nitrogen and oxygen atoms in total. The number of urea groups is 1. The van der Waals surface area contributed by atoms with Crippen LogP contribution in [0.2, 0.25) is 0 Å². The van der Waals surface area contributed by atoms with E-state index in [0.717, 1.165) is 5.56 Å². The Balaban J connectivity index is 2.25. The van der Waals surface area contributed by atoms with E-state index in [9.17, 15) is 9.90 Å². The largest absolute Gasteiger partial charge is 0.387 e. The predicted octanol–water partition coefficient (Wildman–Crippen LogP) is 1.27. The van der Waals surface area contributed by atoms with Crippen molar-refractivity contribution in [3.05, 3.63) is 35.0 Å². The van der Waals surface area contributed by atoms with Crippen molar-refractivity contribution in [3.63, 3.8) is 0 Å². The minimum atomic E-state index is -0.647. The van der Waals surface area contributed by atoms with Crippen molar-refractivity contribution in [1.29, 1.82) is 0 Å². The van der Waals surface area contributed by atoms with Crippen molar-refractivity contribution < 1.29 is 9.90 Å². The van der Waals surface area contributed by atoms with Gasteiger partial charge in [0, 0.05) is 13.1 Å². The molecule has 1 aromatic heterocycles. The lowest BCUT2D eigenvalue weighted by Crippen LogP contribution is -2.37. The average molecular weight is 226 g/mol. The van der Waals surface area contributed by atoms with E-state index < -0.39 is 6.10 Å². The van der Waals surface area contributed by atoms with Gasteiger partial charge in [-0.1, -0.05) is 6.08 Å². The smallest absolute Gasteiger partial charge is 0.315 e. The summed E-state index contributed by atoms with van der Waals surface area (Å²) in [6.45, 7) is 4.10. The normalized spacial score (nSPS) is 11.8. The molecule has 1 aromatic rings. The van der Waals surface area contributed by atoms with Gasteiger partial charge in [-0.25, -0.2) is 4.79 Å². The van der Waals surface area contributed by atoms with Gasteiger partial charge in [0.2, 0.25) is 0 Å². The van der Waals surface area contributed by atoms with Gasteiger partial charge in [0.05, 0.1) is 6.10 Å². The maximum atomic E-state index is 11.1. The van der Waals surface area contributed by atoms with Crippen molar-refractivity contribution in [2.45, 2.75) is 6.10 Å². The highest BCUT2D eigenvalue weighted by atomic mass is 32.1.